The molecule has 1 aromatic carbocycles. The summed E-state index contributed by atoms with van der Waals surface area (Å²) < 4.78 is 0. The first-order valence-electron chi connectivity index (χ1n) is 11.1. The molecule has 2 aromatic rings. The topological polar surface area (TPSA) is 53.5 Å². The molecule has 0 bridgehead atoms. The van der Waals surface area contributed by atoms with Crippen LogP contribution in [0.4, 0.5) is 11.5 Å². The zero-order valence-corrected chi connectivity index (χ0v) is 19.4. The summed E-state index contributed by atoms with van der Waals surface area (Å²) in [7, 11) is 1.76. The lowest BCUT2D eigenvalue weighted by Gasteiger charge is -2.24. The fraction of sp³-hybridized carbons (Fsp3) is 0.423. The number of carbonyl (C=O) groups is 2. The molecule has 0 saturated heterocycles. The van der Waals surface area contributed by atoms with E-state index in [0.717, 1.165) is 35.2 Å². The molecule has 5 nitrogen and oxygen atoms in total. The molecule has 2 aliphatic rings. The molecule has 0 unspecified atom stereocenters. The molecule has 1 aliphatic carbocycles. The van der Waals surface area contributed by atoms with E-state index in [-0.39, 0.29) is 11.8 Å². The van der Waals surface area contributed by atoms with Crippen LogP contribution in [-0.4, -0.2) is 28.7 Å². The highest BCUT2D eigenvalue weighted by atomic mass is 16.2. The molecule has 0 N–H and O–H groups in total. The van der Waals surface area contributed by atoms with Crippen LogP contribution < -0.4 is 4.90 Å². The fourth-order valence-corrected chi connectivity index (χ4v) is 3.72. The fourth-order valence-electron chi connectivity index (χ4n) is 3.72. The van der Waals surface area contributed by atoms with E-state index in [0.29, 0.717) is 30.4 Å². The molecule has 2 amide bonds. The summed E-state index contributed by atoms with van der Waals surface area (Å²) in [5.74, 6) is 6.10. The lowest BCUT2D eigenvalue weighted by Crippen LogP contribution is -2.27. The molecule has 5 heteroatoms. The van der Waals surface area contributed by atoms with Crippen molar-refractivity contribution in [3.05, 3.63) is 52.2 Å². The van der Waals surface area contributed by atoms with Gasteiger partial charge in [0.05, 0.1) is 5.69 Å². The van der Waals surface area contributed by atoms with Gasteiger partial charge in [0.15, 0.2) is 0 Å². The Morgan fingerprint density at radius 3 is 2.52 bits per heavy atom. The number of fused-ring (bicyclic) bond motifs is 1. The van der Waals surface area contributed by atoms with Gasteiger partial charge in [-0.3, -0.25) is 14.5 Å². The summed E-state index contributed by atoms with van der Waals surface area (Å²) in [6, 6.07) is 7.95. The van der Waals surface area contributed by atoms with Crippen LogP contribution >= 0.6 is 0 Å². The number of benzene rings is 1. The Kier molecular flexibility index (Phi) is 6.80. The van der Waals surface area contributed by atoms with Gasteiger partial charge < -0.3 is 4.90 Å². The maximum Gasteiger partial charge on any atom is 0.308 e. The zero-order valence-electron chi connectivity index (χ0n) is 19.4. The van der Waals surface area contributed by atoms with Crippen molar-refractivity contribution in [3.63, 3.8) is 0 Å². The summed E-state index contributed by atoms with van der Waals surface area (Å²) in [4.78, 5) is 33.5. The lowest BCUT2D eigenvalue weighted by atomic mass is 9.99. The highest BCUT2D eigenvalue weighted by Gasteiger charge is 2.32. The predicted octanol–water partition coefficient (Wildman–Crippen LogP) is 5.27. The minimum absolute atomic E-state index is 0.114. The Morgan fingerprint density at radius 1 is 1.19 bits per heavy atom. The molecule has 0 spiro atoms. The van der Waals surface area contributed by atoms with Gasteiger partial charge >= 0.3 is 5.91 Å². The highest BCUT2D eigenvalue weighted by molar-refractivity contribution is 6.11. The van der Waals surface area contributed by atoms with Gasteiger partial charge in [0.1, 0.15) is 11.5 Å². The molecular formula is C26H31N3O2. The summed E-state index contributed by atoms with van der Waals surface area (Å²) in [5, 5.41) is 0. The average Bonchev–Trinajstić information content (AvgIpc) is 3.57. The SMILES string of the molecule is CC.CCC#CC(=O)N(c1ccc2c(n1)C(=O)N(C)C2)c1cc(C)c(C)cc1C1CC1. The zero-order chi connectivity index (χ0) is 22.7. The molecular weight excluding hydrogens is 386 g/mol. The van der Waals surface area contributed by atoms with Crippen LogP contribution in [-0.2, 0) is 11.3 Å². The van der Waals surface area contributed by atoms with Gasteiger partial charge in [-0.05, 0) is 67.4 Å². The normalized spacial score (nSPS) is 14.3. The molecule has 0 radical (unpaired) electrons. The van der Waals surface area contributed by atoms with Crippen molar-refractivity contribution in [1.82, 2.24) is 9.88 Å². The van der Waals surface area contributed by atoms with E-state index in [1.165, 1.54) is 5.56 Å². The van der Waals surface area contributed by atoms with Crippen molar-refractivity contribution in [2.24, 2.45) is 0 Å². The van der Waals surface area contributed by atoms with Gasteiger partial charge in [0.2, 0.25) is 0 Å². The van der Waals surface area contributed by atoms with E-state index in [1.807, 2.05) is 39.8 Å². The Hall–Kier alpha value is -3.13. The molecule has 1 fully saturated rings. The number of aryl methyl sites for hydroxylation is 2. The van der Waals surface area contributed by atoms with E-state index >= 15 is 0 Å². The van der Waals surface area contributed by atoms with E-state index in [1.54, 1.807) is 16.8 Å². The molecule has 31 heavy (non-hydrogen) atoms. The number of hydrogen-bond acceptors (Lipinski definition) is 3. The smallest absolute Gasteiger partial charge is 0.308 e. The third kappa shape index (κ3) is 4.49. The van der Waals surface area contributed by atoms with Gasteiger partial charge in [-0.15, -0.1) is 0 Å². The highest BCUT2D eigenvalue weighted by Crippen LogP contribution is 2.46. The monoisotopic (exact) mass is 417 g/mol. The number of aromatic nitrogens is 1. The average molecular weight is 418 g/mol. The summed E-state index contributed by atoms with van der Waals surface area (Å²) in [6.07, 6.45) is 2.85. The van der Waals surface area contributed by atoms with Crippen molar-refractivity contribution in [2.75, 3.05) is 11.9 Å². The second-order valence-electron chi connectivity index (χ2n) is 7.90. The third-order valence-corrected chi connectivity index (χ3v) is 5.63. The minimum atomic E-state index is -0.316. The Labute approximate surface area is 185 Å². The number of hydrogen-bond donors (Lipinski definition) is 0. The molecule has 1 aromatic heterocycles. The quantitative estimate of drug-likeness (QED) is 0.640. The molecule has 0 atom stereocenters. The third-order valence-electron chi connectivity index (χ3n) is 5.63. The summed E-state index contributed by atoms with van der Waals surface area (Å²) in [5.41, 5.74) is 5.62. The summed E-state index contributed by atoms with van der Waals surface area (Å²) in [6.45, 7) is 10.6. The molecule has 1 aliphatic heterocycles. The van der Waals surface area contributed by atoms with Crippen LogP contribution in [0.3, 0.4) is 0 Å². The first-order valence-corrected chi connectivity index (χ1v) is 11.1. The Bertz CT molecular complexity index is 1070. The molecule has 2 heterocycles. The Balaban J connectivity index is 0.00000132. The first-order chi connectivity index (χ1) is 14.9. The number of pyridine rings is 1. The molecule has 162 valence electrons. The van der Waals surface area contributed by atoms with Crippen LogP contribution in [0.2, 0.25) is 0 Å². The van der Waals surface area contributed by atoms with Gasteiger partial charge in [-0.2, -0.15) is 0 Å². The van der Waals surface area contributed by atoms with Crippen LogP contribution in [0.15, 0.2) is 24.3 Å². The number of rotatable bonds is 3. The van der Waals surface area contributed by atoms with Crippen molar-refractivity contribution < 1.29 is 9.59 Å². The number of carbonyl (C=O) groups excluding carboxylic acids is 2. The molecule has 4 rings (SSSR count). The van der Waals surface area contributed by atoms with Crippen LogP contribution in [0.5, 0.6) is 0 Å². The summed E-state index contributed by atoms with van der Waals surface area (Å²) >= 11 is 0. The van der Waals surface area contributed by atoms with Crippen molar-refractivity contribution in [1.29, 1.82) is 0 Å². The second kappa shape index (κ2) is 9.34. The largest absolute Gasteiger partial charge is 0.336 e. The van der Waals surface area contributed by atoms with Crippen molar-refractivity contribution >= 4 is 23.3 Å². The number of nitrogens with zero attached hydrogens (tertiary/aromatic N) is 3. The van der Waals surface area contributed by atoms with Crippen molar-refractivity contribution in [3.8, 4) is 11.8 Å². The van der Waals surface area contributed by atoms with Gasteiger partial charge in [-0.25, -0.2) is 4.98 Å². The van der Waals surface area contributed by atoms with Crippen LogP contribution in [0.1, 0.15) is 78.7 Å². The lowest BCUT2D eigenvalue weighted by molar-refractivity contribution is -0.112. The first kappa shape index (κ1) is 22.6. The second-order valence-corrected chi connectivity index (χ2v) is 7.90. The van der Waals surface area contributed by atoms with E-state index in [4.69, 9.17) is 0 Å². The Morgan fingerprint density at radius 2 is 1.87 bits per heavy atom. The standard InChI is InChI=1S/C24H25N3O2.C2H6/c1-5-6-7-22(28)27(20-13-16(3)15(2)12-19(20)17-8-9-17)21-11-10-18-14-26(4)24(29)23(18)25-21;1-2/h10-13,17H,5,8-9,14H2,1-4H3;1-2H3. The van der Waals surface area contributed by atoms with Crippen molar-refractivity contribution in [2.45, 2.75) is 66.3 Å². The van der Waals surface area contributed by atoms with E-state index < -0.39 is 0 Å². The molecule has 1 saturated carbocycles. The van der Waals surface area contributed by atoms with E-state index in [9.17, 15) is 9.59 Å². The maximum absolute atomic E-state index is 13.2. The number of anilines is 2. The van der Waals surface area contributed by atoms with Crippen LogP contribution in [0.25, 0.3) is 0 Å². The van der Waals surface area contributed by atoms with Gasteiger partial charge in [-0.1, -0.05) is 38.8 Å². The number of amides is 2. The maximum atomic E-state index is 13.2. The van der Waals surface area contributed by atoms with Gasteiger partial charge in [0.25, 0.3) is 5.91 Å². The minimum Gasteiger partial charge on any atom is -0.336 e. The van der Waals surface area contributed by atoms with E-state index in [2.05, 4.69) is 35.9 Å². The predicted molar refractivity (Wildman–Crippen MR) is 124 cm³/mol. The van der Waals surface area contributed by atoms with Crippen LogP contribution in [0, 0.1) is 25.7 Å². The van der Waals surface area contributed by atoms with Gasteiger partial charge in [0, 0.05) is 25.6 Å².